The quantitative estimate of drug-likeness (QED) is 0.426. The Balaban J connectivity index is 1.59. The van der Waals surface area contributed by atoms with Gasteiger partial charge >= 0.3 is 0 Å². The minimum absolute atomic E-state index is 0.349. The van der Waals surface area contributed by atoms with Crippen LogP contribution < -0.4 is 14.9 Å². The Hall–Kier alpha value is -3.49. The van der Waals surface area contributed by atoms with Gasteiger partial charge in [0.1, 0.15) is 6.61 Å². The number of nitrogens with zero attached hydrogens (tertiary/aromatic N) is 2. The summed E-state index contributed by atoms with van der Waals surface area (Å²) < 4.78 is 11.3. The summed E-state index contributed by atoms with van der Waals surface area (Å²) in [7, 11) is 1.60. The predicted molar refractivity (Wildman–Crippen MR) is 114 cm³/mol. The summed E-state index contributed by atoms with van der Waals surface area (Å²) in [6.07, 6.45) is 1.72. The van der Waals surface area contributed by atoms with Crippen molar-refractivity contribution in [3.63, 3.8) is 0 Å². The maximum atomic E-state index is 8.99. The topological polar surface area (TPSA) is 66.6 Å². The van der Waals surface area contributed by atoms with Crippen LogP contribution in [0.3, 0.4) is 0 Å². The number of benzene rings is 3. The molecule has 0 atom stereocenters. The normalized spacial score (nSPS) is 10.5. The first-order chi connectivity index (χ1) is 14.2. The fourth-order valence-corrected chi connectivity index (χ4v) is 2.76. The van der Waals surface area contributed by atoms with Gasteiger partial charge in [-0.1, -0.05) is 35.9 Å². The zero-order valence-electron chi connectivity index (χ0n) is 15.9. The first-order valence-electron chi connectivity index (χ1n) is 8.98. The molecule has 0 heterocycles. The van der Waals surface area contributed by atoms with Crippen molar-refractivity contribution in [3.05, 3.63) is 94.0 Å². The van der Waals surface area contributed by atoms with Gasteiger partial charge in [-0.25, -0.2) is 0 Å². The van der Waals surface area contributed by atoms with E-state index in [1.54, 1.807) is 25.5 Å². The molecular formula is C23H20ClN3O2. The van der Waals surface area contributed by atoms with Crippen LogP contribution in [0.15, 0.2) is 71.8 Å². The van der Waals surface area contributed by atoms with E-state index in [1.807, 2.05) is 54.6 Å². The molecule has 29 heavy (non-hydrogen) atoms. The smallest absolute Gasteiger partial charge is 0.161 e. The van der Waals surface area contributed by atoms with Crippen LogP contribution in [0, 0.1) is 11.3 Å². The highest BCUT2D eigenvalue weighted by Gasteiger charge is 2.06. The second-order valence-corrected chi connectivity index (χ2v) is 6.67. The van der Waals surface area contributed by atoms with Gasteiger partial charge in [-0.3, -0.25) is 0 Å². The molecule has 0 unspecified atom stereocenters. The maximum Gasteiger partial charge on any atom is 0.161 e. The minimum Gasteiger partial charge on any atom is -0.493 e. The third kappa shape index (κ3) is 6.00. The van der Waals surface area contributed by atoms with Gasteiger partial charge in [0.15, 0.2) is 11.5 Å². The molecule has 0 aliphatic heterocycles. The fourth-order valence-electron chi connectivity index (χ4n) is 2.63. The van der Waals surface area contributed by atoms with E-state index in [0.29, 0.717) is 35.2 Å². The number of halogens is 1. The Morgan fingerprint density at radius 3 is 2.62 bits per heavy atom. The van der Waals surface area contributed by atoms with Gasteiger partial charge in [-0.05, 0) is 59.2 Å². The van der Waals surface area contributed by atoms with Gasteiger partial charge in [-0.15, -0.1) is 0 Å². The molecular weight excluding hydrogens is 386 g/mol. The number of hydrazone groups is 1. The molecule has 5 nitrogen and oxygen atoms in total. The molecule has 0 spiro atoms. The van der Waals surface area contributed by atoms with E-state index < -0.39 is 0 Å². The van der Waals surface area contributed by atoms with Gasteiger partial charge in [-0.2, -0.15) is 10.4 Å². The van der Waals surface area contributed by atoms with Crippen molar-refractivity contribution in [3.8, 4) is 17.6 Å². The van der Waals surface area contributed by atoms with Crippen LogP contribution in [0.2, 0.25) is 5.02 Å². The van der Waals surface area contributed by atoms with E-state index in [4.69, 9.17) is 26.3 Å². The standard InChI is InChI=1S/C23H20ClN3O2/c1-28-23-12-19(15-27-26-14-17-5-8-21(24)9-6-17)7-10-22(23)29-16-20-4-2-3-18(11-20)13-25/h2-12,15,26H,14,16H2,1H3/b27-15-. The largest absolute Gasteiger partial charge is 0.493 e. The highest BCUT2D eigenvalue weighted by molar-refractivity contribution is 6.30. The van der Waals surface area contributed by atoms with Crippen LogP contribution in [0.1, 0.15) is 22.3 Å². The number of methoxy groups -OCH3 is 1. The molecule has 0 bridgehead atoms. The maximum absolute atomic E-state index is 8.99. The van der Waals surface area contributed by atoms with Gasteiger partial charge in [0.05, 0.1) is 31.5 Å². The van der Waals surface area contributed by atoms with E-state index in [1.165, 1.54) is 0 Å². The van der Waals surface area contributed by atoms with Crippen LogP contribution in [0.25, 0.3) is 0 Å². The highest BCUT2D eigenvalue weighted by atomic mass is 35.5. The van der Waals surface area contributed by atoms with E-state index in [2.05, 4.69) is 16.6 Å². The van der Waals surface area contributed by atoms with Crippen molar-refractivity contribution in [1.29, 1.82) is 5.26 Å². The molecule has 146 valence electrons. The monoisotopic (exact) mass is 405 g/mol. The van der Waals surface area contributed by atoms with Gasteiger partial charge < -0.3 is 14.9 Å². The average Bonchev–Trinajstić information content (AvgIpc) is 2.77. The lowest BCUT2D eigenvalue weighted by Crippen LogP contribution is -2.05. The summed E-state index contributed by atoms with van der Waals surface area (Å²) >= 11 is 5.88. The number of nitrogens with one attached hydrogen (secondary N) is 1. The lowest BCUT2D eigenvalue weighted by Gasteiger charge is -2.11. The summed E-state index contributed by atoms with van der Waals surface area (Å²) in [4.78, 5) is 0. The SMILES string of the molecule is COc1cc(/C=N\NCc2ccc(Cl)cc2)ccc1OCc1cccc(C#N)c1. The Kier molecular flexibility index (Phi) is 7.10. The number of ether oxygens (including phenoxy) is 2. The molecule has 0 aliphatic carbocycles. The van der Waals surface area contributed by atoms with Crippen molar-refractivity contribution in [2.75, 3.05) is 7.11 Å². The minimum atomic E-state index is 0.349. The second kappa shape index (κ2) is 10.2. The van der Waals surface area contributed by atoms with Crippen molar-refractivity contribution in [2.24, 2.45) is 5.10 Å². The summed E-state index contributed by atoms with van der Waals surface area (Å²) in [5.41, 5.74) is 6.50. The van der Waals surface area contributed by atoms with Gasteiger partial charge in [0, 0.05) is 5.02 Å². The first kappa shape index (κ1) is 20.2. The molecule has 0 amide bonds. The zero-order chi connectivity index (χ0) is 20.5. The molecule has 3 aromatic carbocycles. The molecule has 0 saturated heterocycles. The third-order valence-electron chi connectivity index (χ3n) is 4.14. The third-order valence-corrected chi connectivity index (χ3v) is 4.39. The van der Waals surface area contributed by atoms with E-state index in [0.717, 1.165) is 16.7 Å². The Labute approximate surface area is 175 Å². The number of nitriles is 1. The molecule has 3 rings (SSSR count). The fraction of sp³-hybridized carbons (Fsp3) is 0.130. The van der Waals surface area contributed by atoms with Crippen molar-refractivity contribution in [1.82, 2.24) is 5.43 Å². The molecule has 0 radical (unpaired) electrons. The molecule has 0 aliphatic rings. The highest BCUT2D eigenvalue weighted by Crippen LogP contribution is 2.28. The van der Waals surface area contributed by atoms with E-state index in [-0.39, 0.29) is 0 Å². The Morgan fingerprint density at radius 2 is 1.86 bits per heavy atom. The number of hydrogen-bond acceptors (Lipinski definition) is 5. The molecule has 3 aromatic rings. The molecule has 0 saturated carbocycles. The van der Waals surface area contributed by atoms with Crippen molar-refractivity contribution in [2.45, 2.75) is 13.2 Å². The number of rotatable bonds is 8. The molecule has 6 heteroatoms. The first-order valence-corrected chi connectivity index (χ1v) is 9.36. The van der Waals surface area contributed by atoms with Crippen molar-refractivity contribution < 1.29 is 9.47 Å². The van der Waals surface area contributed by atoms with E-state index >= 15 is 0 Å². The van der Waals surface area contributed by atoms with E-state index in [9.17, 15) is 0 Å². The Morgan fingerprint density at radius 1 is 1.03 bits per heavy atom. The summed E-state index contributed by atoms with van der Waals surface area (Å²) in [6.45, 7) is 0.954. The van der Waals surface area contributed by atoms with Crippen LogP contribution in [0.5, 0.6) is 11.5 Å². The molecule has 0 fully saturated rings. The second-order valence-electron chi connectivity index (χ2n) is 6.23. The van der Waals surface area contributed by atoms with Crippen LogP contribution in [0.4, 0.5) is 0 Å². The van der Waals surface area contributed by atoms with Gasteiger partial charge in [0.2, 0.25) is 0 Å². The summed E-state index contributed by atoms with van der Waals surface area (Å²) in [5, 5.41) is 13.9. The van der Waals surface area contributed by atoms with Crippen LogP contribution in [-0.4, -0.2) is 13.3 Å². The lowest BCUT2D eigenvalue weighted by atomic mass is 10.1. The summed E-state index contributed by atoms with van der Waals surface area (Å²) in [5.74, 6) is 1.24. The molecule has 0 aromatic heterocycles. The zero-order valence-corrected chi connectivity index (χ0v) is 16.7. The van der Waals surface area contributed by atoms with Crippen molar-refractivity contribution >= 4 is 17.8 Å². The summed E-state index contributed by atoms with van der Waals surface area (Å²) in [6, 6.07) is 22.6. The van der Waals surface area contributed by atoms with Crippen LogP contribution >= 0.6 is 11.6 Å². The molecule has 1 N–H and O–H groups in total. The Bertz CT molecular complexity index is 1030. The number of hydrogen-bond donors (Lipinski definition) is 1. The van der Waals surface area contributed by atoms with Crippen LogP contribution in [-0.2, 0) is 13.2 Å². The average molecular weight is 406 g/mol. The predicted octanol–water partition coefficient (Wildman–Crippen LogP) is 4.92. The van der Waals surface area contributed by atoms with Gasteiger partial charge in [0.25, 0.3) is 0 Å². The lowest BCUT2D eigenvalue weighted by molar-refractivity contribution is 0.284.